The van der Waals surface area contributed by atoms with E-state index in [9.17, 15) is 0 Å². The normalized spacial score (nSPS) is 10.8. The van der Waals surface area contributed by atoms with Gasteiger partial charge < -0.3 is 4.74 Å². The lowest BCUT2D eigenvalue weighted by Crippen LogP contribution is -1.93. The Morgan fingerprint density at radius 3 is 2.48 bits per heavy atom. The number of benzene rings is 1. The van der Waals surface area contributed by atoms with Gasteiger partial charge in [-0.2, -0.15) is 11.3 Å². The zero-order chi connectivity index (χ0) is 14.9. The van der Waals surface area contributed by atoms with Gasteiger partial charge in [0.15, 0.2) is 0 Å². The lowest BCUT2D eigenvalue weighted by Gasteiger charge is -2.10. The molecule has 0 spiro atoms. The summed E-state index contributed by atoms with van der Waals surface area (Å²) in [6.07, 6.45) is 9.13. The van der Waals surface area contributed by atoms with Crippen molar-refractivity contribution in [3.8, 4) is 16.9 Å². The first-order valence-corrected chi connectivity index (χ1v) is 8.99. The van der Waals surface area contributed by atoms with E-state index in [2.05, 4.69) is 41.9 Å². The third-order valence-electron chi connectivity index (χ3n) is 3.93. The molecule has 0 saturated carbocycles. The molecule has 0 bridgehead atoms. The zero-order valence-electron chi connectivity index (χ0n) is 13.2. The molecule has 2 rings (SSSR count). The van der Waals surface area contributed by atoms with Gasteiger partial charge in [0, 0.05) is 0 Å². The Kier molecular flexibility index (Phi) is 6.81. The molecule has 0 radical (unpaired) electrons. The summed E-state index contributed by atoms with van der Waals surface area (Å²) in [7, 11) is 1.77. The van der Waals surface area contributed by atoms with Crippen molar-refractivity contribution in [1.29, 1.82) is 0 Å². The molecule has 0 fully saturated rings. The van der Waals surface area contributed by atoms with Crippen LogP contribution in [0.15, 0.2) is 35.0 Å². The maximum absolute atomic E-state index is 5.52. The van der Waals surface area contributed by atoms with Crippen molar-refractivity contribution >= 4 is 11.3 Å². The van der Waals surface area contributed by atoms with E-state index >= 15 is 0 Å². The number of aryl methyl sites for hydroxylation is 1. The third kappa shape index (κ3) is 4.89. The molecule has 2 aromatic rings. The molecule has 0 aliphatic carbocycles. The van der Waals surface area contributed by atoms with Crippen molar-refractivity contribution < 1.29 is 4.74 Å². The van der Waals surface area contributed by atoms with E-state index in [1.165, 1.54) is 55.2 Å². The fourth-order valence-corrected chi connectivity index (χ4v) is 3.34. The lowest BCUT2D eigenvalue weighted by molar-refractivity contribution is 0.408. The summed E-state index contributed by atoms with van der Waals surface area (Å²) in [5, 5.41) is 4.34. The minimum absolute atomic E-state index is 1.03. The minimum atomic E-state index is 1.03. The molecular weight excluding hydrogens is 276 g/mol. The lowest BCUT2D eigenvalue weighted by atomic mass is 10.00. The molecular formula is C19H26OS. The molecule has 21 heavy (non-hydrogen) atoms. The first-order chi connectivity index (χ1) is 10.3. The van der Waals surface area contributed by atoms with Gasteiger partial charge in [0.2, 0.25) is 0 Å². The number of unbranched alkanes of at least 4 members (excludes halogenated alkanes) is 5. The molecule has 0 atom stereocenters. The highest BCUT2D eigenvalue weighted by Gasteiger charge is 2.06. The molecule has 114 valence electrons. The molecule has 1 aromatic heterocycles. The number of methoxy groups -OCH3 is 1. The van der Waals surface area contributed by atoms with Gasteiger partial charge in [0.05, 0.1) is 7.11 Å². The Morgan fingerprint density at radius 1 is 0.952 bits per heavy atom. The molecule has 0 amide bonds. The SMILES string of the molecule is CCCCCCCCc1cc(-c2ccsc2)ccc1OC. The highest BCUT2D eigenvalue weighted by molar-refractivity contribution is 7.08. The van der Waals surface area contributed by atoms with E-state index < -0.39 is 0 Å². The highest BCUT2D eigenvalue weighted by atomic mass is 32.1. The second kappa shape index (κ2) is 8.89. The van der Waals surface area contributed by atoms with Crippen LogP contribution in [0, 0.1) is 0 Å². The number of rotatable bonds is 9. The summed E-state index contributed by atoms with van der Waals surface area (Å²) in [6, 6.07) is 8.75. The molecule has 2 heteroatoms. The van der Waals surface area contributed by atoms with Crippen LogP contribution in [0.1, 0.15) is 51.0 Å². The topological polar surface area (TPSA) is 9.23 Å². The monoisotopic (exact) mass is 302 g/mol. The molecule has 1 nitrogen and oxygen atoms in total. The molecule has 0 N–H and O–H groups in total. The standard InChI is InChI=1S/C19H26OS/c1-3-4-5-6-7-8-9-17-14-16(10-11-19(17)20-2)18-12-13-21-15-18/h10-15H,3-9H2,1-2H3. The Morgan fingerprint density at radius 2 is 1.76 bits per heavy atom. The Hall–Kier alpha value is -1.28. The van der Waals surface area contributed by atoms with Gasteiger partial charge in [-0.05, 0) is 58.5 Å². The zero-order valence-corrected chi connectivity index (χ0v) is 14.0. The van der Waals surface area contributed by atoms with Crippen molar-refractivity contribution in [2.24, 2.45) is 0 Å². The van der Waals surface area contributed by atoms with Crippen molar-refractivity contribution in [1.82, 2.24) is 0 Å². The maximum Gasteiger partial charge on any atom is 0.122 e. The number of hydrogen-bond acceptors (Lipinski definition) is 2. The van der Waals surface area contributed by atoms with Gasteiger partial charge in [-0.1, -0.05) is 45.1 Å². The number of thiophene rings is 1. The van der Waals surface area contributed by atoms with E-state index in [-0.39, 0.29) is 0 Å². The van der Waals surface area contributed by atoms with Crippen LogP contribution in [0.5, 0.6) is 5.75 Å². The largest absolute Gasteiger partial charge is 0.496 e. The predicted molar refractivity (Wildman–Crippen MR) is 93.4 cm³/mol. The maximum atomic E-state index is 5.52. The Balaban J connectivity index is 1.95. The van der Waals surface area contributed by atoms with Crippen LogP contribution in [0.3, 0.4) is 0 Å². The van der Waals surface area contributed by atoms with Crippen molar-refractivity contribution in [3.63, 3.8) is 0 Å². The number of ether oxygens (including phenoxy) is 1. The number of hydrogen-bond donors (Lipinski definition) is 0. The van der Waals surface area contributed by atoms with Crippen LogP contribution in [0.4, 0.5) is 0 Å². The summed E-state index contributed by atoms with van der Waals surface area (Å²) in [5.41, 5.74) is 3.96. The van der Waals surface area contributed by atoms with Gasteiger partial charge in [-0.25, -0.2) is 0 Å². The average Bonchev–Trinajstić information content (AvgIpc) is 3.05. The van der Waals surface area contributed by atoms with Crippen molar-refractivity contribution in [3.05, 3.63) is 40.6 Å². The molecule has 0 aliphatic heterocycles. The summed E-state index contributed by atoms with van der Waals surface area (Å²) >= 11 is 1.75. The van der Waals surface area contributed by atoms with Gasteiger partial charge >= 0.3 is 0 Å². The Labute approximate surface area is 133 Å². The molecule has 1 heterocycles. The molecule has 0 aliphatic rings. The first kappa shape index (κ1) is 16.1. The van der Waals surface area contributed by atoms with Crippen LogP contribution in [0.25, 0.3) is 11.1 Å². The second-order valence-electron chi connectivity index (χ2n) is 5.56. The molecule has 1 aromatic carbocycles. The second-order valence-corrected chi connectivity index (χ2v) is 6.34. The molecule has 0 saturated heterocycles. The van der Waals surface area contributed by atoms with Crippen LogP contribution in [0.2, 0.25) is 0 Å². The predicted octanol–water partition coefficient (Wildman–Crippen LogP) is 6.33. The van der Waals surface area contributed by atoms with Crippen LogP contribution in [-0.4, -0.2) is 7.11 Å². The smallest absolute Gasteiger partial charge is 0.122 e. The fraction of sp³-hybridized carbons (Fsp3) is 0.474. The van der Waals surface area contributed by atoms with Gasteiger partial charge in [-0.3, -0.25) is 0 Å². The Bertz CT molecular complexity index is 516. The average molecular weight is 302 g/mol. The van der Waals surface area contributed by atoms with Gasteiger partial charge in [0.1, 0.15) is 5.75 Å². The van der Waals surface area contributed by atoms with Crippen molar-refractivity contribution in [2.45, 2.75) is 51.9 Å². The summed E-state index contributed by atoms with van der Waals surface area (Å²) in [6.45, 7) is 2.26. The van der Waals surface area contributed by atoms with Crippen LogP contribution in [-0.2, 0) is 6.42 Å². The first-order valence-electron chi connectivity index (χ1n) is 8.04. The molecule has 0 unspecified atom stereocenters. The van der Waals surface area contributed by atoms with E-state index in [0.717, 1.165) is 12.2 Å². The summed E-state index contributed by atoms with van der Waals surface area (Å²) in [4.78, 5) is 0. The summed E-state index contributed by atoms with van der Waals surface area (Å²) in [5.74, 6) is 1.03. The van der Waals surface area contributed by atoms with Crippen molar-refractivity contribution in [2.75, 3.05) is 7.11 Å². The van der Waals surface area contributed by atoms with Crippen LogP contribution >= 0.6 is 11.3 Å². The van der Waals surface area contributed by atoms with Gasteiger partial charge in [0.25, 0.3) is 0 Å². The third-order valence-corrected chi connectivity index (χ3v) is 4.62. The van der Waals surface area contributed by atoms with E-state index in [4.69, 9.17) is 4.74 Å². The quantitative estimate of drug-likeness (QED) is 0.492. The van der Waals surface area contributed by atoms with Gasteiger partial charge in [-0.15, -0.1) is 0 Å². The fourth-order valence-electron chi connectivity index (χ4n) is 2.68. The van der Waals surface area contributed by atoms with E-state index in [1.54, 1.807) is 18.4 Å². The minimum Gasteiger partial charge on any atom is -0.496 e. The highest BCUT2D eigenvalue weighted by Crippen LogP contribution is 2.29. The van der Waals surface area contributed by atoms with Crippen LogP contribution < -0.4 is 4.74 Å². The van der Waals surface area contributed by atoms with E-state index in [1.807, 2.05) is 0 Å². The summed E-state index contributed by atoms with van der Waals surface area (Å²) < 4.78 is 5.52. The van der Waals surface area contributed by atoms with E-state index in [0.29, 0.717) is 0 Å².